The molecule has 0 radical (unpaired) electrons. The number of H-pyrrole nitrogens is 1. The van der Waals surface area contributed by atoms with Crippen LogP contribution in [0.15, 0.2) is 36.4 Å². The van der Waals surface area contributed by atoms with Gasteiger partial charge in [0.2, 0.25) is 0 Å². The SMILES string of the molecule is Fc1ccc(CSCc2n[nH]c(=S)n2-c2ccc(F)c(Cl)c2)c(Cl)c1. The van der Waals surface area contributed by atoms with E-state index in [1.54, 1.807) is 28.5 Å². The van der Waals surface area contributed by atoms with Crippen LogP contribution in [0.1, 0.15) is 11.4 Å². The van der Waals surface area contributed by atoms with Crippen LogP contribution >= 0.6 is 47.2 Å². The first-order chi connectivity index (χ1) is 12.0. The average molecular weight is 418 g/mol. The van der Waals surface area contributed by atoms with Crippen LogP contribution in [-0.4, -0.2) is 14.8 Å². The van der Waals surface area contributed by atoms with Crippen LogP contribution in [0.25, 0.3) is 5.69 Å². The van der Waals surface area contributed by atoms with Gasteiger partial charge in [-0.1, -0.05) is 29.3 Å². The lowest BCUT2D eigenvalue weighted by molar-refractivity contribution is 0.627. The average Bonchev–Trinajstić information content (AvgIpc) is 2.93. The Morgan fingerprint density at radius 2 is 1.88 bits per heavy atom. The van der Waals surface area contributed by atoms with E-state index in [-0.39, 0.29) is 10.8 Å². The smallest absolute Gasteiger partial charge is 0.199 e. The highest BCUT2D eigenvalue weighted by Gasteiger charge is 2.11. The molecule has 0 aliphatic carbocycles. The first-order valence-corrected chi connectivity index (χ1v) is 9.41. The molecule has 9 heteroatoms. The largest absolute Gasteiger partial charge is 0.271 e. The third kappa shape index (κ3) is 4.23. The maximum Gasteiger partial charge on any atom is 0.199 e. The van der Waals surface area contributed by atoms with Crippen LogP contribution in [-0.2, 0) is 11.5 Å². The number of thioether (sulfide) groups is 1. The van der Waals surface area contributed by atoms with Crippen molar-refractivity contribution in [2.24, 2.45) is 0 Å². The Morgan fingerprint density at radius 1 is 1.08 bits per heavy atom. The van der Waals surface area contributed by atoms with Crippen molar-refractivity contribution in [3.05, 3.63) is 74.2 Å². The van der Waals surface area contributed by atoms with Gasteiger partial charge in [0.15, 0.2) is 4.77 Å². The topological polar surface area (TPSA) is 33.6 Å². The van der Waals surface area contributed by atoms with E-state index in [1.807, 2.05) is 0 Å². The summed E-state index contributed by atoms with van der Waals surface area (Å²) in [6.45, 7) is 0. The molecule has 130 valence electrons. The second kappa shape index (κ2) is 7.86. The fourth-order valence-corrected chi connectivity index (χ4v) is 3.90. The predicted octanol–water partition coefficient (Wildman–Crippen LogP) is 5.95. The van der Waals surface area contributed by atoms with Crippen LogP contribution in [0.2, 0.25) is 10.0 Å². The zero-order chi connectivity index (χ0) is 18.0. The quantitative estimate of drug-likeness (QED) is 0.520. The zero-order valence-electron chi connectivity index (χ0n) is 12.6. The summed E-state index contributed by atoms with van der Waals surface area (Å²) in [7, 11) is 0. The van der Waals surface area contributed by atoms with Crippen molar-refractivity contribution in [2.75, 3.05) is 0 Å². The number of hydrogen-bond acceptors (Lipinski definition) is 3. The molecule has 25 heavy (non-hydrogen) atoms. The Bertz CT molecular complexity index is 972. The number of nitrogens with zero attached hydrogens (tertiary/aromatic N) is 2. The number of hydrogen-bond donors (Lipinski definition) is 1. The molecule has 1 aromatic heterocycles. The Morgan fingerprint density at radius 3 is 2.60 bits per heavy atom. The molecule has 0 saturated carbocycles. The Labute approximate surface area is 162 Å². The monoisotopic (exact) mass is 417 g/mol. The van der Waals surface area contributed by atoms with Gasteiger partial charge in [-0.15, -0.1) is 11.8 Å². The molecular formula is C16H11Cl2F2N3S2. The number of aromatic nitrogens is 3. The van der Waals surface area contributed by atoms with Crippen LogP contribution in [0, 0.1) is 16.4 Å². The van der Waals surface area contributed by atoms with E-state index >= 15 is 0 Å². The molecule has 0 amide bonds. The number of benzene rings is 2. The zero-order valence-corrected chi connectivity index (χ0v) is 15.7. The lowest BCUT2D eigenvalue weighted by Crippen LogP contribution is -2.01. The molecule has 0 spiro atoms. The minimum absolute atomic E-state index is 0.0114. The van der Waals surface area contributed by atoms with E-state index in [1.165, 1.54) is 24.3 Å². The van der Waals surface area contributed by atoms with E-state index in [2.05, 4.69) is 10.2 Å². The highest BCUT2D eigenvalue weighted by molar-refractivity contribution is 7.97. The third-order valence-electron chi connectivity index (χ3n) is 3.41. The van der Waals surface area contributed by atoms with E-state index < -0.39 is 5.82 Å². The Hall–Kier alpha value is -1.41. The standard InChI is InChI=1S/C16H11Cl2F2N3S2/c17-12-5-10(19)2-1-9(12)7-25-8-15-21-22-16(24)23(15)11-3-4-14(20)13(18)6-11/h1-6H,7-8H2,(H,22,24). The van der Waals surface area contributed by atoms with Crippen molar-refractivity contribution >= 4 is 47.2 Å². The van der Waals surface area contributed by atoms with Crippen LogP contribution in [0.5, 0.6) is 0 Å². The molecule has 0 aliphatic heterocycles. The second-order valence-electron chi connectivity index (χ2n) is 5.11. The predicted molar refractivity (Wildman–Crippen MR) is 100 cm³/mol. The molecule has 0 atom stereocenters. The third-order valence-corrected chi connectivity index (χ3v) is 5.30. The van der Waals surface area contributed by atoms with Gasteiger partial charge in [0.05, 0.1) is 16.5 Å². The van der Waals surface area contributed by atoms with Crippen LogP contribution in [0.3, 0.4) is 0 Å². The van der Waals surface area contributed by atoms with Crippen molar-refractivity contribution in [2.45, 2.75) is 11.5 Å². The summed E-state index contributed by atoms with van der Waals surface area (Å²) in [5.74, 6) is 0.907. The molecule has 1 heterocycles. The van der Waals surface area contributed by atoms with Gasteiger partial charge in [-0.25, -0.2) is 8.78 Å². The molecule has 2 aromatic carbocycles. The molecule has 0 bridgehead atoms. The van der Waals surface area contributed by atoms with Crippen molar-refractivity contribution < 1.29 is 8.78 Å². The van der Waals surface area contributed by atoms with E-state index in [4.69, 9.17) is 35.4 Å². The fourth-order valence-electron chi connectivity index (χ4n) is 2.21. The summed E-state index contributed by atoms with van der Waals surface area (Å²) in [6, 6.07) is 8.67. The lowest BCUT2D eigenvalue weighted by Gasteiger charge is -2.08. The maximum absolute atomic E-state index is 13.4. The molecular weight excluding hydrogens is 407 g/mol. The summed E-state index contributed by atoms with van der Waals surface area (Å²) < 4.78 is 28.5. The summed E-state index contributed by atoms with van der Waals surface area (Å²) in [5.41, 5.74) is 1.46. The van der Waals surface area contributed by atoms with E-state index in [9.17, 15) is 8.78 Å². The van der Waals surface area contributed by atoms with Gasteiger partial charge < -0.3 is 0 Å². The van der Waals surface area contributed by atoms with Crippen molar-refractivity contribution in [3.63, 3.8) is 0 Å². The van der Waals surface area contributed by atoms with Gasteiger partial charge in [0.1, 0.15) is 17.5 Å². The number of aromatic amines is 1. The van der Waals surface area contributed by atoms with Gasteiger partial charge in [-0.2, -0.15) is 5.10 Å². The molecule has 0 saturated heterocycles. The lowest BCUT2D eigenvalue weighted by atomic mass is 10.2. The molecule has 3 nitrogen and oxygen atoms in total. The summed E-state index contributed by atoms with van der Waals surface area (Å²) in [4.78, 5) is 0. The molecule has 0 fully saturated rings. The minimum Gasteiger partial charge on any atom is -0.271 e. The van der Waals surface area contributed by atoms with Crippen molar-refractivity contribution in [1.29, 1.82) is 0 Å². The van der Waals surface area contributed by atoms with Gasteiger partial charge in [-0.05, 0) is 48.1 Å². The summed E-state index contributed by atoms with van der Waals surface area (Å²) >= 11 is 18.7. The van der Waals surface area contributed by atoms with Crippen molar-refractivity contribution in [3.8, 4) is 5.69 Å². The Kier molecular flexibility index (Phi) is 5.78. The fraction of sp³-hybridized carbons (Fsp3) is 0.125. The van der Waals surface area contributed by atoms with Crippen LogP contribution < -0.4 is 0 Å². The second-order valence-corrected chi connectivity index (χ2v) is 7.29. The van der Waals surface area contributed by atoms with Crippen LogP contribution in [0.4, 0.5) is 8.78 Å². The summed E-state index contributed by atoms with van der Waals surface area (Å²) in [5, 5.41) is 7.33. The van der Waals surface area contributed by atoms with E-state index in [0.29, 0.717) is 32.8 Å². The van der Waals surface area contributed by atoms with Gasteiger partial charge in [0, 0.05) is 10.8 Å². The van der Waals surface area contributed by atoms with Gasteiger partial charge in [0.25, 0.3) is 0 Å². The minimum atomic E-state index is -0.498. The number of nitrogens with one attached hydrogen (secondary N) is 1. The first-order valence-electron chi connectivity index (χ1n) is 7.09. The Balaban J connectivity index is 1.78. The maximum atomic E-state index is 13.4. The molecule has 0 aliphatic rings. The van der Waals surface area contributed by atoms with E-state index in [0.717, 1.165) is 5.56 Å². The van der Waals surface area contributed by atoms with Gasteiger partial charge in [-0.3, -0.25) is 9.67 Å². The molecule has 3 rings (SSSR count). The highest BCUT2D eigenvalue weighted by atomic mass is 35.5. The molecule has 1 N–H and O–H groups in total. The molecule has 0 unspecified atom stereocenters. The van der Waals surface area contributed by atoms with Crippen molar-refractivity contribution in [1.82, 2.24) is 14.8 Å². The first kappa shape index (κ1) is 18.4. The normalized spacial score (nSPS) is 11.0. The number of halogens is 4. The summed E-state index contributed by atoms with van der Waals surface area (Å²) in [6.07, 6.45) is 0. The molecule has 3 aromatic rings. The number of rotatable bonds is 5. The highest BCUT2D eigenvalue weighted by Crippen LogP contribution is 2.25. The van der Waals surface area contributed by atoms with Gasteiger partial charge >= 0.3 is 0 Å².